The van der Waals surface area contributed by atoms with E-state index in [1.807, 2.05) is 62.4 Å². The quantitative estimate of drug-likeness (QED) is 0.690. The molecule has 1 atom stereocenters. The first-order chi connectivity index (χ1) is 13.2. The number of nitrogens with one attached hydrogen (secondary N) is 1. The van der Waals surface area contributed by atoms with Crippen molar-refractivity contribution < 1.29 is 13.2 Å². The normalized spacial score (nSPS) is 12.4. The average Bonchev–Trinajstić information content (AvgIpc) is 2.65. The zero-order valence-electron chi connectivity index (χ0n) is 17.1. The minimum atomic E-state index is -3.40. The Morgan fingerprint density at radius 2 is 1.68 bits per heavy atom. The van der Waals surface area contributed by atoms with Crippen LogP contribution in [0.25, 0.3) is 0 Å². The molecule has 5 nitrogen and oxygen atoms in total. The molecule has 0 fully saturated rings. The molecule has 1 N–H and O–H groups in total. The summed E-state index contributed by atoms with van der Waals surface area (Å²) >= 11 is 0. The average molecular weight is 403 g/mol. The van der Waals surface area contributed by atoms with E-state index >= 15 is 0 Å². The highest BCUT2D eigenvalue weighted by molar-refractivity contribution is 7.92. The standard InChI is InChI=1S/C22H30N2O3S/c1-5-19-10-14-21(15-11-19)24(28(4,26)27)16-6-7-22(25)23-18(3)20-12-8-17(2)9-13-20/h8-15,18H,5-7,16H2,1-4H3,(H,23,25)/t18-/m0/s1. The lowest BCUT2D eigenvalue weighted by Gasteiger charge is -2.23. The predicted octanol–water partition coefficient (Wildman–Crippen LogP) is 3.98. The molecule has 0 heterocycles. The van der Waals surface area contributed by atoms with Gasteiger partial charge in [0.05, 0.1) is 18.0 Å². The first kappa shape index (κ1) is 22.0. The summed E-state index contributed by atoms with van der Waals surface area (Å²) in [5, 5.41) is 2.98. The van der Waals surface area contributed by atoms with Gasteiger partial charge in [0.1, 0.15) is 0 Å². The highest BCUT2D eigenvalue weighted by Crippen LogP contribution is 2.19. The van der Waals surface area contributed by atoms with E-state index in [1.165, 1.54) is 16.1 Å². The van der Waals surface area contributed by atoms with Gasteiger partial charge in [-0.2, -0.15) is 0 Å². The smallest absolute Gasteiger partial charge is 0.232 e. The molecule has 2 aromatic rings. The highest BCUT2D eigenvalue weighted by Gasteiger charge is 2.18. The minimum Gasteiger partial charge on any atom is -0.350 e. The zero-order chi connectivity index (χ0) is 20.7. The summed E-state index contributed by atoms with van der Waals surface area (Å²) in [6, 6.07) is 15.5. The van der Waals surface area contributed by atoms with Gasteiger partial charge in [-0.05, 0) is 49.9 Å². The first-order valence-corrected chi connectivity index (χ1v) is 11.5. The van der Waals surface area contributed by atoms with E-state index in [-0.39, 0.29) is 24.9 Å². The summed E-state index contributed by atoms with van der Waals surface area (Å²) < 4.78 is 25.7. The SMILES string of the molecule is CCc1ccc(N(CCCC(=O)N[C@@H](C)c2ccc(C)cc2)S(C)(=O)=O)cc1. The van der Waals surface area contributed by atoms with Gasteiger partial charge in [-0.3, -0.25) is 9.10 Å². The fourth-order valence-electron chi connectivity index (χ4n) is 3.02. The molecule has 28 heavy (non-hydrogen) atoms. The van der Waals surface area contributed by atoms with E-state index < -0.39 is 10.0 Å². The Balaban J connectivity index is 1.92. The third kappa shape index (κ3) is 6.37. The topological polar surface area (TPSA) is 66.5 Å². The number of carbonyl (C=O) groups excluding carboxylic acids is 1. The van der Waals surface area contributed by atoms with Crippen molar-refractivity contribution in [1.29, 1.82) is 0 Å². The molecule has 0 spiro atoms. The molecular formula is C22H30N2O3S. The Morgan fingerprint density at radius 3 is 2.21 bits per heavy atom. The molecular weight excluding hydrogens is 372 g/mol. The second-order valence-corrected chi connectivity index (χ2v) is 9.07. The van der Waals surface area contributed by atoms with E-state index in [4.69, 9.17) is 0 Å². The number of nitrogens with zero attached hydrogens (tertiary/aromatic N) is 1. The molecule has 0 aliphatic rings. The monoisotopic (exact) mass is 402 g/mol. The fraction of sp³-hybridized carbons (Fsp3) is 0.409. The molecule has 2 aromatic carbocycles. The molecule has 0 aliphatic heterocycles. The summed E-state index contributed by atoms with van der Waals surface area (Å²) in [6.07, 6.45) is 2.82. The van der Waals surface area contributed by atoms with Crippen molar-refractivity contribution in [3.05, 3.63) is 65.2 Å². The van der Waals surface area contributed by atoms with Crippen LogP contribution in [-0.2, 0) is 21.2 Å². The zero-order valence-corrected chi connectivity index (χ0v) is 17.9. The van der Waals surface area contributed by atoms with E-state index in [2.05, 4.69) is 12.2 Å². The van der Waals surface area contributed by atoms with Gasteiger partial charge < -0.3 is 5.32 Å². The third-order valence-corrected chi connectivity index (χ3v) is 5.95. The number of amides is 1. The molecule has 0 radical (unpaired) electrons. The van der Waals surface area contributed by atoms with Gasteiger partial charge in [-0.25, -0.2) is 8.42 Å². The van der Waals surface area contributed by atoms with Gasteiger partial charge >= 0.3 is 0 Å². The van der Waals surface area contributed by atoms with Gasteiger partial charge in [0, 0.05) is 13.0 Å². The van der Waals surface area contributed by atoms with Gasteiger partial charge in [-0.15, -0.1) is 0 Å². The minimum absolute atomic E-state index is 0.0807. The number of aryl methyl sites for hydroxylation is 2. The van der Waals surface area contributed by atoms with Gasteiger partial charge in [0.25, 0.3) is 0 Å². The number of anilines is 1. The molecule has 0 saturated carbocycles. The lowest BCUT2D eigenvalue weighted by Crippen LogP contribution is -2.32. The lowest BCUT2D eigenvalue weighted by molar-refractivity contribution is -0.121. The van der Waals surface area contributed by atoms with Crippen LogP contribution in [0, 0.1) is 6.92 Å². The summed E-state index contributed by atoms with van der Waals surface area (Å²) in [5.41, 5.74) is 4.01. The molecule has 6 heteroatoms. The fourth-order valence-corrected chi connectivity index (χ4v) is 3.99. The largest absolute Gasteiger partial charge is 0.350 e. The van der Waals surface area contributed by atoms with Crippen LogP contribution >= 0.6 is 0 Å². The Morgan fingerprint density at radius 1 is 1.07 bits per heavy atom. The Labute approximate surface area is 168 Å². The van der Waals surface area contributed by atoms with Crippen LogP contribution in [0.3, 0.4) is 0 Å². The molecule has 2 rings (SSSR count). The maximum Gasteiger partial charge on any atom is 0.232 e. The van der Waals surface area contributed by atoms with E-state index in [0.717, 1.165) is 17.5 Å². The lowest BCUT2D eigenvalue weighted by atomic mass is 10.1. The van der Waals surface area contributed by atoms with Crippen molar-refractivity contribution in [2.24, 2.45) is 0 Å². The second kappa shape index (κ2) is 9.73. The highest BCUT2D eigenvalue weighted by atomic mass is 32.2. The van der Waals surface area contributed by atoms with Crippen LogP contribution in [-0.4, -0.2) is 27.1 Å². The molecule has 0 aromatic heterocycles. The van der Waals surface area contributed by atoms with Crippen molar-refractivity contribution >= 4 is 21.6 Å². The summed E-state index contributed by atoms with van der Waals surface area (Å²) in [6.45, 7) is 6.30. The Kier molecular flexibility index (Phi) is 7.63. The third-order valence-electron chi connectivity index (χ3n) is 4.75. The predicted molar refractivity (Wildman–Crippen MR) is 115 cm³/mol. The van der Waals surface area contributed by atoms with Crippen molar-refractivity contribution in [2.45, 2.75) is 46.1 Å². The Hall–Kier alpha value is -2.34. The number of benzene rings is 2. The molecule has 152 valence electrons. The van der Waals surface area contributed by atoms with Crippen molar-refractivity contribution in [2.75, 3.05) is 17.1 Å². The van der Waals surface area contributed by atoms with Crippen molar-refractivity contribution in [1.82, 2.24) is 5.32 Å². The van der Waals surface area contributed by atoms with Crippen LogP contribution in [0.15, 0.2) is 48.5 Å². The molecule has 0 saturated heterocycles. The first-order valence-electron chi connectivity index (χ1n) is 9.63. The van der Waals surface area contributed by atoms with E-state index in [0.29, 0.717) is 12.1 Å². The van der Waals surface area contributed by atoms with Crippen LogP contribution in [0.5, 0.6) is 0 Å². The number of carbonyl (C=O) groups is 1. The second-order valence-electron chi connectivity index (χ2n) is 7.16. The van der Waals surface area contributed by atoms with Crippen LogP contribution < -0.4 is 9.62 Å². The van der Waals surface area contributed by atoms with Crippen LogP contribution in [0.2, 0.25) is 0 Å². The van der Waals surface area contributed by atoms with E-state index in [9.17, 15) is 13.2 Å². The van der Waals surface area contributed by atoms with Crippen LogP contribution in [0.1, 0.15) is 49.4 Å². The van der Waals surface area contributed by atoms with E-state index in [1.54, 1.807) is 0 Å². The maximum absolute atomic E-state index is 12.3. The molecule has 0 bridgehead atoms. The van der Waals surface area contributed by atoms with Gasteiger partial charge in [0.15, 0.2) is 0 Å². The van der Waals surface area contributed by atoms with Crippen molar-refractivity contribution in [3.63, 3.8) is 0 Å². The van der Waals surface area contributed by atoms with Gasteiger partial charge in [-0.1, -0.05) is 48.9 Å². The number of hydrogen-bond donors (Lipinski definition) is 1. The number of sulfonamides is 1. The molecule has 0 aliphatic carbocycles. The molecule has 1 amide bonds. The molecule has 0 unspecified atom stereocenters. The maximum atomic E-state index is 12.3. The number of rotatable bonds is 9. The van der Waals surface area contributed by atoms with Gasteiger partial charge in [0.2, 0.25) is 15.9 Å². The number of hydrogen-bond acceptors (Lipinski definition) is 3. The summed E-state index contributed by atoms with van der Waals surface area (Å²) in [7, 11) is -3.40. The summed E-state index contributed by atoms with van der Waals surface area (Å²) in [4.78, 5) is 12.3. The Bertz CT molecular complexity index is 875. The van der Waals surface area contributed by atoms with Crippen molar-refractivity contribution in [3.8, 4) is 0 Å². The summed E-state index contributed by atoms with van der Waals surface area (Å²) in [5.74, 6) is -0.0807. The van der Waals surface area contributed by atoms with Crippen LogP contribution in [0.4, 0.5) is 5.69 Å².